The number of nitrogens with zero attached hydrogens (tertiary/aromatic N) is 2. The summed E-state index contributed by atoms with van der Waals surface area (Å²) in [6.07, 6.45) is 3.60. The van der Waals surface area contributed by atoms with Gasteiger partial charge in [0.1, 0.15) is 5.15 Å². The molecular formula is C25H26ClN3O3. The zero-order chi connectivity index (χ0) is 23.1. The summed E-state index contributed by atoms with van der Waals surface area (Å²) in [5.74, 6) is -1.03. The molecule has 1 heterocycles. The second-order valence-electron chi connectivity index (χ2n) is 7.43. The lowest BCUT2D eigenvalue weighted by Crippen LogP contribution is -2.20. The molecule has 3 rings (SSSR count). The Morgan fingerprint density at radius 2 is 1.84 bits per heavy atom. The van der Waals surface area contributed by atoms with E-state index in [0.29, 0.717) is 23.0 Å². The van der Waals surface area contributed by atoms with Gasteiger partial charge >= 0.3 is 5.97 Å². The highest BCUT2D eigenvalue weighted by Crippen LogP contribution is 2.22. The average molecular weight is 452 g/mol. The van der Waals surface area contributed by atoms with Gasteiger partial charge in [-0.3, -0.25) is 4.79 Å². The van der Waals surface area contributed by atoms with Gasteiger partial charge in [-0.05, 0) is 43.5 Å². The van der Waals surface area contributed by atoms with Crippen molar-refractivity contribution in [2.75, 3.05) is 11.9 Å². The van der Waals surface area contributed by atoms with Crippen molar-refractivity contribution in [1.29, 1.82) is 0 Å². The predicted molar refractivity (Wildman–Crippen MR) is 127 cm³/mol. The van der Waals surface area contributed by atoms with Gasteiger partial charge in [0, 0.05) is 17.3 Å². The summed E-state index contributed by atoms with van der Waals surface area (Å²) < 4.78 is 6.74. The van der Waals surface area contributed by atoms with Crippen LogP contribution in [-0.4, -0.2) is 28.3 Å². The van der Waals surface area contributed by atoms with Crippen molar-refractivity contribution in [2.45, 2.75) is 33.7 Å². The molecule has 3 aromatic rings. The van der Waals surface area contributed by atoms with E-state index in [1.165, 1.54) is 11.6 Å². The van der Waals surface area contributed by atoms with Crippen molar-refractivity contribution in [2.24, 2.45) is 0 Å². The molecule has 0 atom stereocenters. The molecule has 0 aliphatic carbocycles. The van der Waals surface area contributed by atoms with E-state index in [1.807, 2.05) is 69.3 Å². The van der Waals surface area contributed by atoms with Crippen LogP contribution in [0.25, 0.3) is 6.08 Å². The third-order valence-corrected chi connectivity index (χ3v) is 5.36. The van der Waals surface area contributed by atoms with E-state index in [9.17, 15) is 9.59 Å². The molecule has 0 bridgehead atoms. The summed E-state index contributed by atoms with van der Waals surface area (Å²) in [5, 5.41) is 7.66. The molecular weight excluding hydrogens is 426 g/mol. The first-order chi connectivity index (χ1) is 15.4. The molecule has 7 heteroatoms. The summed E-state index contributed by atoms with van der Waals surface area (Å²) in [6.45, 7) is 6.01. The number of benzene rings is 2. The van der Waals surface area contributed by atoms with Crippen molar-refractivity contribution in [3.8, 4) is 0 Å². The third kappa shape index (κ3) is 6.08. The van der Waals surface area contributed by atoms with E-state index < -0.39 is 11.9 Å². The van der Waals surface area contributed by atoms with Gasteiger partial charge in [0.2, 0.25) is 0 Å². The topological polar surface area (TPSA) is 73.2 Å². The molecule has 6 nitrogen and oxygen atoms in total. The van der Waals surface area contributed by atoms with Crippen LogP contribution in [0.3, 0.4) is 0 Å². The van der Waals surface area contributed by atoms with Crippen LogP contribution < -0.4 is 5.32 Å². The summed E-state index contributed by atoms with van der Waals surface area (Å²) in [6, 6.07) is 15.6. The molecule has 0 saturated heterocycles. The fourth-order valence-electron chi connectivity index (χ4n) is 3.20. The van der Waals surface area contributed by atoms with Crippen LogP contribution in [-0.2, 0) is 27.3 Å². The molecule has 1 amide bonds. The molecule has 0 saturated carbocycles. The highest BCUT2D eigenvalue weighted by Gasteiger charge is 2.13. The van der Waals surface area contributed by atoms with Crippen LogP contribution in [0.4, 0.5) is 5.69 Å². The molecule has 0 unspecified atom stereocenters. The van der Waals surface area contributed by atoms with Gasteiger partial charge in [0.15, 0.2) is 6.61 Å². The van der Waals surface area contributed by atoms with Crippen molar-refractivity contribution in [1.82, 2.24) is 9.78 Å². The first-order valence-electron chi connectivity index (χ1n) is 10.4. The van der Waals surface area contributed by atoms with E-state index in [1.54, 1.807) is 10.8 Å². The Bertz CT molecular complexity index is 1130. The Kier molecular flexibility index (Phi) is 7.84. The second kappa shape index (κ2) is 10.8. The number of hydrogen-bond acceptors (Lipinski definition) is 4. The van der Waals surface area contributed by atoms with Crippen LogP contribution in [0.1, 0.15) is 34.9 Å². The fraction of sp³-hybridized carbons (Fsp3) is 0.240. The smallest absolute Gasteiger partial charge is 0.331 e. The molecule has 166 valence electrons. The van der Waals surface area contributed by atoms with E-state index in [-0.39, 0.29) is 6.61 Å². The SMILES string of the molecule is CCc1ccccc1NC(=O)COC(=O)/C=C/c1c(C)nn(Cc2ccc(C)cc2)c1Cl. The molecule has 1 N–H and O–H groups in total. The predicted octanol–water partition coefficient (Wildman–Crippen LogP) is 4.96. The number of halogens is 1. The van der Waals surface area contributed by atoms with Gasteiger partial charge in [-0.1, -0.05) is 66.6 Å². The number of aromatic nitrogens is 2. The van der Waals surface area contributed by atoms with E-state index in [2.05, 4.69) is 10.4 Å². The number of nitrogens with one attached hydrogen (secondary N) is 1. The largest absolute Gasteiger partial charge is 0.452 e. The van der Waals surface area contributed by atoms with Gasteiger partial charge in [-0.15, -0.1) is 0 Å². The van der Waals surface area contributed by atoms with Gasteiger partial charge in [0.05, 0.1) is 12.2 Å². The molecule has 1 aromatic heterocycles. The number of carbonyl (C=O) groups excluding carboxylic acids is 2. The maximum Gasteiger partial charge on any atom is 0.331 e. The molecule has 0 fully saturated rings. The number of amides is 1. The number of rotatable bonds is 8. The van der Waals surface area contributed by atoms with Crippen LogP contribution >= 0.6 is 11.6 Å². The third-order valence-electron chi connectivity index (χ3n) is 4.97. The number of hydrogen-bond donors (Lipinski definition) is 1. The van der Waals surface area contributed by atoms with Crippen molar-refractivity contribution in [3.05, 3.63) is 87.7 Å². The number of aryl methyl sites for hydroxylation is 3. The van der Waals surface area contributed by atoms with Crippen molar-refractivity contribution in [3.63, 3.8) is 0 Å². The van der Waals surface area contributed by atoms with Crippen molar-refractivity contribution >= 4 is 35.2 Å². The lowest BCUT2D eigenvalue weighted by molar-refractivity contribution is -0.142. The van der Waals surface area contributed by atoms with Gasteiger partial charge in [-0.25, -0.2) is 9.48 Å². The fourth-order valence-corrected chi connectivity index (χ4v) is 3.50. The van der Waals surface area contributed by atoms with Crippen LogP contribution in [0.2, 0.25) is 5.15 Å². The molecule has 32 heavy (non-hydrogen) atoms. The first-order valence-corrected chi connectivity index (χ1v) is 10.8. The molecule has 0 aliphatic rings. The van der Waals surface area contributed by atoms with Crippen LogP contribution in [0.5, 0.6) is 0 Å². The van der Waals surface area contributed by atoms with Crippen molar-refractivity contribution < 1.29 is 14.3 Å². The molecule has 0 aliphatic heterocycles. The zero-order valence-electron chi connectivity index (χ0n) is 18.4. The standard InChI is InChI=1S/C25H26ClN3O3/c1-4-20-7-5-6-8-22(20)27-23(30)16-32-24(31)14-13-21-18(3)28-29(25(21)26)15-19-11-9-17(2)10-12-19/h5-14H,4,15-16H2,1-3H3,(H,27,30)/b14-13+. The van der Waals surface area contributed by atoms with Gasteiger partial charge in [-0.2, -0.15) is 5.10 Å². The number of carbonyl (C=O) groups is 2. The van der Waals surface area contributed by atoms with E-state index >= 15 is 0 Å². The minimum absolute atomic E-state index is 0.374. The monoisotopic (exact) mass is 451 g/mol. The summed E-state index contributed by atoms with van der Waals surface area (Å²) >= 11 is 6.47. The Labute approximate surface area is 192 Å². The minimum Gasteiger partial charge on any atom is -0.452 e. The molecule has 0 spiro atoms. The molecule has 0 radical (unpaired) electrons. The highest BCUT2D eigenvalue weighted by atomic mass is 35.5. The quantitative estimate of drug-likeness (QED) is 0.388. The average Bonchev–Trinajstić information content (AvgIpc) is 3.05. The molecule has 2 aromatic carbocycles. The second-order valence-corrected chi connectivity index (χ2v) is 7.79. The number of esters is 1. The lowest BCUT2D eigenvalue weighted by atomic mass is 10.1. The maximum absolute atomic E-state index is 12.1. The number of anilines is 1. The first kappa shape index (κ1) is 23.3. The Morgan fingerprint density at radius 3 is 2.56 bits per heavy atom. The van der Waals surface area contributed by atoms with E-state index in [4.69, 9.17) is 16.3 Å². The zero-order valence-corrected chi connectivity index (χ0v) is 19.1. The van der Waals surface area contributed by atoms with Crippen LogP contribution in [0, 0.1) is 13.8 Å². The highest BCUT2D eigenvalue weighted by molar-refractivity contribution is 6.31. The van der Waals surface area contributed by atoms with Gasteiger partial charge < -0.3 is 10.1 Å². The van der Waals surface area contributed by atoms with Gasteiger partial charge in [0.25, 0.3) is 5.91 Å². The summed E-state index contributed by atoms with van der Waals surface area (Å²) in [4.78, 5) is 24.2. The lowest BCUT2D eigenvalue weighted by Gasteiger charge is -2.09. The summed E-state index contributed by atoms with van der Waals surface area (Å²) in [5.41, 5.74) is 5.32. The maximum atomic E-state index is 12.1. The number of para-hydroxylation sites is 1. The Balaban J connectivity index is 1.57. The number of ether oxygens (including phenoxy) is 1. The Morgan fingerprint density at radius 1 is 1.12 bits per heavy atom. The Hall–Kier alpha value is -3.38. The minimum atomic E-state index is -0.634. The normalized spacial score (nSPS) is 11.0. The van der Waals surface area contributed by atoms with E-state index in [0.717, 1.165) is 23.2 Å². The van der Waals surface area contributed by atoms with Crippen LogP contribution in [0.15, 0.2) is 54.6 Å². The summed E-state index contributed by atoms with van der Waals surface area (Å²) in [7, 11) is 0.